The summed E-state index contributed by atoms with van der Waals surface area (Å²) in [6.07, 6.45) is 0. The Hall–Kier alpha value is -6.14. The van der Waals surface area contributed by atoms with Gasteiger partial charge in [-0.05, 0) is 35.4 Å². The smallest absolute Gasteiger partial charge is 0.235 e. The van der Waals surface area contributed by atoms with Crippen LogP contribution < -0.4 is 0 Å². The van der Waals surface area contributed by atoms with E-state index in [1.807, 2.05) is 22.7 Å². The van der Waals surface area contributed by atoms with Gasteiger partial charge in [-0.2, -0.15) is 0 Å². The van der Waals surface area contributed by atoms with Gasteiger partial charge < -0.3 is 0 Å². The van der Waals surface area contributed by atoms with E-state index in [0.29, 0.717) is 5.95 Å². The molecule has 5 heteroatoms. The SMILES string of the molecule is c1ccc(-c2ccc(-c3cc(-c4cccc5c4sc4ccccc45)nc(-n4c5ccccc5c5ccc6c7ccccc7sc6c54)n3)cc2)cc1. The Morgan fingerprint density at radius 2 is 0.961 bits per heavy atom. The maximum Gasteiger partial charge on any atom is 0.235 e. The molecule has 0 spiro atoms. The van der Waals surface area contributed by atoms with E-state index in [1.165, 1.54) is 62.2 Å². The highest BCUT2D eigenvalue weighted by Crippen LogP contribution is 2.44. The Labute approximate surface area is 301 Å². The monoisotopic (exact) mass is 685 g/mol. The topological polar surface area (TPSA) is 30.7 Å². The van der Waals surface area contributed by atoms with Crippen molar-refractivity contribution in [1.82, 2.24) is 14.5 Å². The molecule has 0 radical (unpaired) electrons. The Balaban J connectivity index is 1.22. The number of hydrogen-bond donors (Lipinski definition) is 0. The molecular formula is C46H27N3S2. The number of thiophene rings is 2. The molecule has 0 amide bonds. The molecule has 11 rings (SSSR count). The second-order valence-corrected chi connectivity index (χ2v) is 15.1. The normalized spacial score (nSPS) is 11.9. The molecular weight excluding hydrogens is 659 g/mol. The maximum absolute atomic E-state index is 5.48. The second kappa shape index (κ2) is 11.2. The van der Waals surface area contributed by atoms with Crippen LogP contribution in [0.2, 0.25) is 0 Å². The van der Waals surface area contributed by atoms with E-state index in [0.717, 1.165) is 33.5 Å². The first-order chi connectivity index (χ1) is 25.3. The van der Waals surface area contributed by atoms with Gasteiger partial charge in [0.05, 0.1) is 27.1 Å². The van der Waals surface area contributed by atoms with Crippen LogP contribution >= 0.6 is 22.7 Å². The third-order valence-corrected chi connectivity index (χ3v) is 12.5. The van der Waals surface area contributed by atoms with Crippen molar-refractivity contribution in [3.05, 3.63) is 164 Å². The predicted octanol–water partition coefficient (Wildman–Crippen LogP) is 13.3. The van der Waals surface area contributed by atoms with Crippen LogP contribution in [0.5, 0.6) is 0 Å². The fourth-order valence-corrected chi connectivity index (χ4v) is 10.1. The van der Waals surface area contributed by atoms with E-state index in [2.05, 4.69) is 168 Å². The number of fused-ring (bicyclic) bond motifs is 10. The van der Waals surface area contributed by atoms with Gasteiger partial charge in [-0.15, -0.1) is 22.7 Å². The van der Waals surface area contributed by atoms with Crippen LogP contribution in [-0.2, 0) is 0 Å². The van der Waals surface area contributed by atoms with Gasteiger partial charge in [0.15, 0.2) is 0 Å². The molecule has 3 nitrogen and oxygen atoms in total. The van der Waals surface area contributed by atoms with Crippen LogP contribution in [0.25, 0.3) is 102 Å². The highest BCUT2D eigenvalue weighted by molar-refractivity contribution is 7.27. The van der Waals surface area contributed by atoms with Crippen molar-refractivity contribution in [2.75, 3.05) is 0 Å². The van der Waals surface area contributed by atoms with E-state index >= 15 is 0 Å². The summed E-state index contributed by atoms with van der Waals surface area (Å²) in [6, 6.07) is 58.7. The molecule has 0 aliphatic rings. The molecule has 0 fully saturated rings. The molecule has 0 saturated carbocycles. The Bertz CT molecular complexity index is 3130. The number of benzene rings is 7. The average molecular weight is 686 g/mol. The number of hydrogen-bond acceptors (Lipinski definition) is 4. The molecule has 0 unspecified atom stereocenters. The standard InChI is InChI=1S/C46H27N3S2/c1-2-11-28(12-3-1)29-21-23-30(24-22-29)38-27-39(37-17-10-16-35-32-14-5-8-19-41(32)50-44(35)37)48-46(47-38)49-40-18-7-4-13-31(40)34-25-26-36-33-15-6-9-20-42(33)51-45(36)43(34)49/h1-27H. The lowest BCUT2D eigenvalue weighted by Crippen LogP contribution is -2.04. The first-order valence-electron chi connectivity index (χ1n) is 17.1. The molecule has 0 N–H and O–H groups in total. The first kappa shape index (κ1) is 28.7. The van der Waals surface area contributed by atoms with Crippen molar-refractivity contribution < 1.29 is 0 Å². The first-order valence-corrected chi connectivity index (χ1v) is 18.7. The Morgan fingerprint density at radius 3 is 1.75 bits per heavy atom. The Kier molecular flexibility index (Phi) is 6.29. The van der Waals surface area contributed by atoms with E-state index in [9.17, 15) is 0 Å². The third kappa shape index (κ3) is 4.42. The minimum Gasteiger partial charge on any atom is -0.276 e. The van der Waals surface area contributed by atoms with E-state index < -0.39 is 0 Å². The van der Waals surface area contributed by atoms with Gasteiger partial charge in [0, 0.05) is 57.5 Å². The Morgan fingerprint density at radius 1 is 0.392 bits per heavy atom. The minimum atomic E-state index is 0.670. The summed E-state index contributed by atoms with van der Waals surface area (Å²) in [5.41, 5.74) is 8.59. The molecule has 51 heavy (non-hydrogen) atoms. The van der Waals surface area contributed by atoms with Gasteiger partial charge in [-0.1, -0.05) is 140 Å². The minimum absolute atomic E-state index is 0.670. The highest BCUT2D eigenvalue weighted by atomic mass is 32.1. The zero-order valence-electron chi connectivity index (χ0n) is 27.2. The fraction of sp³-hybridized carbons (Fsp3) is 0. The largest absolute Gasteiger partial charge is 0.276 e. The summed E-state index contributed by atoms with van der Waals surface area (Å²) in [5.74, 6) is 0.670. The number of para-hydroxylation sites is 1. The average Bonchev–Trinajstić information content (AvgIpc) is 3.88. The molecule has 4 aromatic heterocycles. The molecule has 11 aromatic rings. The summed E-state index contributed by atoms with van der Waals surface area (Å²) < 4.78 is 7.35. The molecule has 0 atom stereocenters. The lowest BCUT2D eigenvalue weighted by Gasteiger charge is -2.13. The second-order valence-electron chi connectivity index (χ2n) is 13.0. The van der Waals surface area contributed by atoms with Crippen LogP contribution in [0.1, 0.15) is 0 Å². The quantitative estimate of drug-likeness (QED) is 0.185. The van der Waals surface area contributed by atoms with Gasteiger partial charge in [-0.25, -0.2) is 9.97 Å². The lowest BCUT2D eigenvalue weighted by atomic mass is 10.0. The summed E-state index contributed by atoms with van der Waals surface area (Å²) in [7, 11) is 0. The van der Waals surface area contributed by atoms with Crippen LogP contribution in [0.4, 0.5) is 0 Å². The van der Waals surface area contributed by atoms with Gasteiger partial charge in [0.2, 0.25) is 5.95 Å². The summed E-state index contributed by atoms with van der Waals surface area (Å²) >= 11 is 3.68. The number of aromatic nitrogens is 3. The van der Waals surface area contributed by atoms with E-state index in [1.54, 1.807) is 0 Å². The molecule has 238 valence electrons. The molecule has 0 aliphatic carbocycles. The van der Waals surface area contributed by atoms with Gasteiger partial charge in [-0.3, -0.25) is 4.57 Å². The molecule has 7 aromatic carbocycles. The van der Waals surface area contributed by atoms with Crippen molar-refractivity contribution in [1.29, 1.82) is 0 Å². The molecule has 0 saturated heterocycles. The van der Waals surface area contributed by atoms with Crippen LogP contribution in [0, 0.1) is 0 Å². The van der Waals surface area contributed by atoms with Crippen molar-refractivity contribution >= 4 is 84.8 Å². The van der Waals surface area contributed by atoms with Crippen LogP contribution in [0.3, 0.4) is 0 Å². The number of nitrogens with zero attached hydrogens (tertiary/aromatic N) is 3. The van der Waals surface area contributed by atoms with Crippen molar-refractivity contribution in [2.45, 2.75) is 0 Å². The van der Waals surface area contributed by atoms with Crippen LogP contribution in [-0.4, -0.2) is 14.5 Å². The van der Waals surface area contributed by atoms with Crippen molar-refractivity contribution in [3.8, 4) is 39.6 Å². The fourth-order valence-electron chi connectivity index (χ4n) is 7.67. The van der Waals surface area contributed by atoms with Gasteiger partial charge in [0.1, 0.15) is 0 Å². The summed E-state index contributed by atoms with van der Waals surface area (Å²) in [4.78, 5) is 10.9. The van der Waals surface area contributed by atoms with Crippen molar-refractivity contribution in [3.63, 3.8) is 0 Å². The predicted molar refractivity (Wildman–Crippen MR) is 218 cm³/mol. The van der Waals surface area contributed by atoms with E-state index in [-0.39, 0.29) is 0 Å². The van der Waals surface area contributed by atoms with Gasteiger partial charge >= 0.3 is 0 Å². The van der Waals surface area contributed by atoms with Gasteiger partial charge in [0.25, 0.3) is 0 Å². The molecule has 0 aliphatic heterocycles. The molecule has 0 bridgehead atoms. The highest BCUT2D eigenvalue weighted by Gasteiger charge is 2.21. The summed E-state index contributed by atoms with van der Waals surface area (Å²) in [6.45, 7) is 0. The zero-order valence-corrected chi connectivity index (χ0v) is 28.9. The van der Waals surface area contributed by atoms with E-state index in [4.69, 9.17) is 9.97 Å². The number of rotatable bonds is 4. The maximum atomic E-state index is 5.48. The third-order valence-electron chi connectivity index (χ3n) is 10.1. The van der Waals surface area contributed by atoms with Crippen molar-refractivity contribution in [2.24, 2.45) is 0 Å². The lowest BCUT2D eigenvalue weighted by molar-refractivity contribution is 0.999. The zero-order chi connectivity index (χ0) is 33.5. The molecule has 4 heterocycles. The summed E-state index contributed by atoms with van der Waals surface area (Å²) in [5, 5.41) is 7.47. The van der Waals surface area contributed by atoms with Crippen LogP contribution in [0.15, 0.2) is 164 Å².